The van der Waals surface area contributed by atoms with Crippen LogP contribution in [0.4, 0.5) is 13.2 Å². The first kappa shape index (κ1) is 13.4. The number of rotatable bonds is 1. The molecule has 0 spiro atoms. The third-order valence-corrected chi connectivity index (χ3v) is 4.59. The predicted molar refractivity (Wildman–Crippen MR) is 64.9 cm³/mol. The quantitative estimate of drug-likeness (QED) is 0.790. The Morgan fingerprint density at radius 2 is 1.72 bits per heavy atom. The topological polar surface area (TPSA) is 34.1 Å². The van der Waals surface area contributed by atoms with Gasteiger partial charge in [-0.25, -0.2) is 8.42 Å². The molecule has 0 radical (unpaired) electrons. The summed E-state index contributed by atoms with van der Waals surface area (Å²) in [4.78, 5) is -0.749. The van der Waals surface area contributed by atoms with Crippen LogP contribution in [0.5, 0.6) is 0 Å². The van der Waals surface area contributed by atoms with Gasteiger partial charge in [0, 0.05) is 4.47 Å². The lowest BCUT2D eigenvalue weighted by atomic mass is 10.1. The van der Waals surface area contributed by atoms with Crippen molar-refractivity contribution in [1.82, 2.24) is 0 Å². The number of hydrogen-bond acceptors (Lipinski definition) is 2. The first-order valence-electron chi connectivity index (χ1n) is 4.73. The van der Waals surface area contributed by atoms with E-state index in [2.05, 4.69) is 15.9 Å². The summed E-state index contributed by atoms with van der Waals surface area (Å²) in [6, 6.07) is 8.21. The van der Waals surface area contributed by atoms with Crippen molar-refractivity contribution in [2.24, 2.45) is 0 Å². The van der Waals surface area contributed by atoms with Gasteiger partial charge < -0.3 is 0 Å². The van der Waals surface area contributed by atoms with E-state index in [4.69, 9.17) is 0 Å². The zero-order valence-corrected chi connectivity index (χ0v) is 11.1. The molecule has 18 heavy (non-hydrogen) atoms. The molecule has 2 nitrogen and oxygen atoms in total. The van der Waals surface area contributed by atoms with Gasteiger partial charge in [0.2, 0.25) is 0 Å². The Kier molecular flexibility index (Phi) is 3.14. The third-order valence-electron chi connectivity index (χ3n) is 2.41. The highest BCUT2D eigenvalue weighted by Crippen LogP contribution is 2.33. The van der Waals surface area contributed by atoms with Gasteiger partial charge >= 0.3 is 5.51 Å². The zero-order chi connectivity index (χ0) is 13.6. The van der Waals surface area contributed by atoms with E-state index in [-0.39, 0.29) is 0 Å². The van der Waals surface area contributed by atoms with E-state index in [0.29, 0.717) is 15.2 Å². The maximum Gasteiger partial charge on any atom is 0.501 e. The molecule has 0 saturated carbocycles. The standard InChI is InChI=1S/C11H6BrF3O2S/c12-10-3-1-2-7-6-8(4-5-9(7)10)18(16,17)11(13,14)15/h1-6H. The fraction of sp³-hybridized carbons (Fsp3) is 0.0909. The summed E-state index contributed by atoms with van der Waals surface area (Å²) in [6.45, 7) is 0. The molecular weight excluding hydrogens is 333 g/mol. The van der Waals surface area contributed by atoms with Gasteiger partial charge in [0.1, 0.15) is 0 Å². The fourth-order valence-corrected chi connectivity index (χ4v) is 2.83. The molecule has 2 aromatic rings. The highest BCUT2D eigenvalue weighted by atomic mass is 79.9. The SMILES string of the molecule is O=S(=O)(c1ccc2c(Br)cccc2c1)C(F)(F)F. The van der Waals surface area contributed by atoms with Crippen LogP contribution in [-0.4, -0.2) is 13.9 Å². The van der Waals surface area contributed by atoms with Crippen LogP contribution in [-0.2, 0) is 9.84 Å². The molecule has 0 N–H and O–H groups in total. The van der Waals surface area contributed by atoms with Crippen LogP contribution in [0.1, 0.15) is 0 Å². The molecule has 0 saturated heterocycles. The average molecular weight is 339 g/mol. The molecule has 0 aliphatic rings. The van der Waals surface area contributed by atoms with Crippen molar-refractivity contribution < 1.29 is 21.6 Å². The summed E-state index contributed by atoms with van der Waals surface area (Å²) in [5, 5.41) is 1.08. The van der Waals surface area contributed by atoms with Crippen molar-refractivity contribution in [2.75, 3.05) is 0 Å². The van der Waals surface area contributed by atoms with Crippen LogP contribution < -0.4 is 0 Å². The molecule has 0 fully saturated rings. The first-order valence-corrected chi connectivity index (χ1v) is 7.01. The summed E-state index contributed by atoms with van der Waals surface area (Å²) < 4.78 is 60.4. The molecule has 2 rings (SSSR count). The summed E-state index contributed by atoms with van der Waals surface area (Å²) >= 11 is 3.24. The van der Waals surface area contributed by atoms with Crippen molar-refractivity contribution in [3.63, 3.8) is 0 Å². The minimum absolute atomic E-state index is 0.426. The van der Waals surface area contributed by atoms with E-state index in [1.54, 1.807) is 18.2 Å². The molecule has 0 heterocycles. The minimum atomic E-state index is -5.30. The van der Waals surface area contributed by atoms with E-state index in [9.17, 15) is 21.6 Å². The van der Waals surface area contributed by atoms with Crippen molar-refractivity contribution >= 4 is 36.5 Å². The van der Waals surface area contributed by atoms with Crippen molar-refractivity contribution in [3.8, 4) is 0 Å². The Morgan fingerprint density at radius 3 is 2.33 bits per heavy atom. The number of halogens is 4. The number of benzene rings is 2. The zero-order valence-electron chi connectivity index (χ0n) is 8.70. The molecule has 0 aromatic heterocycles. The predicted octanol–water partition coefficient (Wildman–Crippen LogP) is 3.90. The molecule has 7 heteroatoms. The summed E-state index contributed by atoms with van der Waals surface area (Å²) in [6.07, 6.45) is 0. The van der Waals surface area contributed by atoms with E-state index >= 15 is 0 Å². The highest BCUT2D eigenvalue weighted by molar-refractivity contribution is 9.10. The van der Waals surface area contributed by atoms with E-state index in [1.165, 1.54) is 6.07 Å². The summed E-state index contributed by atoms with van der Waals surface area (Å²) in [7, 11) is -5.30. The second kappa shape index (κ2) is 4.24. The lowest BCUT2D eigenvalue weighted by molar-refractivity contribution is -0.0435. The van der Waals surface area contributed by atoms with Crippen LogP contribution in [0.15, 0.2) is 45.8 Å². The Labute approximate surface area is 109 Å². The summed E-state index contributed by atoms with van der Waals surface area (Å²) in [5.74, 6) is 0. The van der Waals surface area contributed by atoms with Gasteiger partial charge in [-0.3, -0.25) is 0 Å². The van der Waals surface area contributed by atoms with E-state index in [1.807, 2.05) is 0 Å². The first-order chi connectivity index (χ1) is 8.23. The smallest absolute Gasteiger partial charge is 0.214 e. The van der Waals surface area contributed by atoms with Gasteiger partial charge in [0.05, 0.1) is 4.90 Å². The van der Waals surface area contributed by atoms with Gasteiger partial charge in [-0.2, -0.15) is 13.2 Å². The lowest BCUT2D eigenvalue weighted by Gasteiger charge is -2.09. The Morgan fingerprint density at radius 1 is 1.06 bits per heavy atom. The monoisotopic (exact) mass is 338 g/mol. The van der Waals surface area contributed by atoms with Gasteiger partial charge in [0.25, 0.3) is 9.84 Å². The van der Waals surface area contributed by atoms with Crippen LogP contribution >= 0.6 is 15.9 Å². The van der Waals surface area contributed by atoms with Crippen molar-refractivity contribution in [1.29, 1.82) is 0 Å². The normalized spacial score (nSPS) is 12.9. The van der Waals surface area contributed by atoms with Crippen LogP contribution in [0, 0.1) is 0 Å². The molecule has 2 aromatic carbocycles. The number of hydrogen-bond donors (Lipinski definition) is 0. The van der Waals surface area contributed by atoms with Crippen LogP contribution in [0.25, 0.3) is 10.8 Å². The van der Waals surface area contributed by atoms with Crippen molar-refractivity contribution in [2.45, 2.75) is 10.4 Å². The Hall–Kier alpha value is -1.08. The Balaban J connectivity index is 2.70. The van der Waals surface area contributed by atoms with E-state index in [0.717, 1.165) is 12.1 Å². The second-order valence-corrected chi connectivity index (χ2v) is 6.37. The third kappa shape index (κ3) is 2.12. The molecular formula is C11H6BrF3O2S. The molecule has 0 unspecified atom stereocenters. The molecule has 0 bridgehead atoms. The highest BCUT2D eigenvalue weighted by Gasteiger charge is 2.46. The maximum atomic E-state index is 12.4. The average Bonchev–Trinajstić information content (AvgIpc) is 2.27. The molecule has 0 atom stereocenters. The number of alkyl halides is 3. The largest absolute Gasteiger partial charge is 0.501 e. The molecule has 0 amide bonds. The Bertz CT molecular complexity index is 708. The van der Waals surface area contributed by atoms with Gasteiger partial charge in [-0.05, 0) is 29.0 Å². The second-order valence-electron chi connectivity index (χ2n) is 3.57. The number of sulfone groups is 1. The van der Waals surface area contributed by atoms with Crippen LogP contribution in [0.3, 0.4) is 0 Å². The van der Waals surface area contributed by atoms with Crippen LogP contribution in [0.2, 0.25) is 0 Å². The lowest BCUT2D eigenvalue weighted by Crippen LogP contribution is -2.23. The maximum absolute atomic E-state index is 12.4. The summed E-state index contributed by atoms with van der Waals surface area (Å²) in [5.41, 5.74) is -5.29. The fourth-order valence-electron chi connectivity index (χ4n) is 1.52. The molecule has 0 aliphatic heterocycles. The molecule has 96 valence electrons. The van der Waals surface area contributed by atoms with Gasteiger partial charge in [-0.15, -0.1) is 0 Å². The molecule has 0 aliphatic carbocycles. The van der Waals surface area contributed by atoms with Gasteiger partial charge in [-0.1, -0.05) is 34.1 Å². The number of fused-ring (bicyclic) bond motifs is 1. The minimum Gasteiger partial charge on any atom is -0.214 e. The van der Waals surface area contributed by atoms with Crippen molar-refractivity contribution in [3.05, 3.63) is 40.9 Å². The van der Waals surface area contributed by atoms with Gasteiger partial charge in [0.15, 0.2) is 0 Å². The van der Waals surface area contributed by atoms with E-state index < -0.39 is 20.2 Å².